The number of anilines is 1. The average Bonchev–Trinajstić information content (AvgIpc) is 3.11. The van der Waals surface area contributed by atoms with E-state index in [9.17, 15) is 14.4 Å². The third-order valence-corrected chi connectivity index (χ3v) is 9.57. The third kappa shape index (κ3) is 12.6. The molecule has 2 aromatic carbocycles. The summed E-state index contributed by atoms with van der Waals surface area (Å²) in [5.41, 5.74) is 2.76. The molecule has 2 N–H and O–H groups in total. The molecular weight excluding hydrogens is 602 g/mol. The van der Waals surface area contributed by atoms with Gasteiger partial charge in [-0.05, 0) is 76.1 Å². The smallest absolute Gasteiger partial charge is 0.411 e. The Morgan fingerprint density at radius 2 is 1.56 bits per heavy atom. The summed E-state index contributed by atoms with van der Waals surface area (Å²) < 4.78 is 5.76. The van der Waals surface area contributed by atoms with Crippen LogP contribution in [0, 0.1) is 5.92 Å². The van der Waals surface area contributed by atoms with Crippen LogP contribution >= 0.6 is 0 Å². The molecule has 2 heterocycles. The second-order valence-corrected chi connectivity index (χ2v) is 13.5. The number of carbonyl (C=O) groups is 3. The zero-order valence-electron chi connectivity index (χ0n) is 29.5. The Balaban J connectivity index is 1.01. The Morgan fingerprint density at radius 3 is 2.31 bits per heavy atom. The molecule has 9 heteroatoms. The SMILES string of the molecule is CCCN(CCC)C(=O)C1CCCN(CCCCCC(=O)CNCCN2CCC(OC(=O)Nc3ccccc3-c3ccccc3)CC2)C1. The number of hydrogen-bond acceptors (Lipinski definition) is 7. The average molecular weight is 662 g/mol. The number of nitrogens with zero attached hydrogens (tertiary/aromatic N) is 3. The van der Waals surface area contributed by atoms with Crippen LogP contribution in [0.2, 0.25) is 0 Å². The number of unbranched alkanes of at least 4 members (excludes halogenated alkanes) is 2. The minimum Gasteiger partial charge on any atom is -0.446 e. The van der Waals surface area contributed by atoms with Crippen LogP contribution in [-0.4, -0.2) is 104 Å². The van der Waals surface area contributed by atoms with Gasteiger partial charge < -0.3 is 24.8 Å². The van der Waals surface area contributed by atoms with E-state index >= 15 is 0 Å². The van der Waals surface area contributed by atoms with Gasteiger partial charge in [-0.2, -0.15) is 0 Å². The lowest BCUT2D eigenvalue weighted by atomic mass is 9.96. The fraction of sp³-hybridized carbons (Fsp3) is 0.615. The van der Waals surface area contributed by atoms with Gasteiger partial charge in [0.25, 0.3) is 0 Å². The zero-order valence-corrected chi connectivity index (χ0v) is 29.5. The molecular formula is C39H59N5O4. The highest BCUT2D eigenvalue weighted by molar-refractivity contribution is 5.91. The van der Waals surface area contributed by atoms with E-state index in [1.807, 2.05) is 54.6 Å². The fourth-order valence-corrected chi connectivity index (χ4v) is 6.98. The summed E-state index contributed by atoms with van der Waals surface area (Å²) >= 11 is 0. The molecule has 0 radical (unpaired) electrons. The molecule has 0 bridgehead atoms. The Labute approximate surface area is 288 Å². The zero-order chi connectivity index (χ0) is 34.0. The Kier molecular flexibility index (Phi) is 16.4. The molecule has 2 aromatic rings. The van der Waals surface area contributed by atoms with Gasteiger partial charge in [0.15, 0.2) is 0 Å². The number of ketones is 1. The number of para-hydroxylation sites is 1. The number of likely N-dealkylation sites (tertiary alicyclic amines) is 2. The van der Waals surface area contributed by atoms with E-state index in [4.69, 9.17) is 4.74 Å². The van der Waals surface area contributed by atoms with Gasteiger partial charge in [-0.25, -0.2) is 4.79 Å². The summed E-state index contributed by atoms with van der Waals surface area (Å²) in [6.45, 7) is 12.8. The van der Waals surface area contributed by atoms with Gasteiger partial charge in [0.2, 0.25) is 5.91 Å². The first-order valence-corrected chi connectivity index (χ1v) is 18.5. The summed E-state index contributed by atoms with van der Waals surface area (Å²) in [5.74, 6) is 0.767. The van der Waals surface area contributed by atoms with Crippen molar-refractivity contribution >= 4 is 23.5 Å². The molecule has 0 aromatic heterocycles. The maximum atomic E-state index is 13.1. The van der Waals surface area contributed by atoms with Crippen LogP contribution in [0.5, 0.6) is 0 Å². The van der Waals surface area contributed by atoms with Gasteiger partial charge in [-0.1, -0.05) is 68.8 Å². The van der Waals surface area contributed by atoms with Gasteiger partial charge in [0.05, 0.1) is 18.2 Å². The maximum Gasteiger partial charge on any atom is 0.411 e. The maximum absolute atomic E-state index is 13.1. The van der Waals surface area contributed by atoms with Gasteiger partial charge in [-0.15, -0.1) is 0 Å². The molecule has 2 amide bonds. The van der Waals surface area contributed by atoms with Crippen LogP contribution < -0.4 is 10.6 Å². The van der Waals surface area contributed by atoms with Crippen LogP contribution in [0.25, 0.3) is 11.1 Å². The summed E-state index contributed by atoms with van der Waals surface area (Å²) in [7, 11) is 0. The van der Waals surface area contributed by atoms with E-state index in [0.717, 1.165) is 134 Å². The normalized spacial score (nSPS) is 17.6. The molecule has 2 fully saturated rings. The van der Waals surface area contributed by atoms with Crippen molar-refractivity contribution in [1.82, 2.24) is 20.0 Å². The van der Waals surface area contributed by atoms with Crippen molar-refractivity contribution in [1.29, 1.82) is 0 Å². The van der Waals surface area contributed by atoms with E-state index in [0.29, 0.717) is 18.9 Å². The molecule has 0 saturated carbocycles. The van der Waals surface area contributed by atoms with Crippen molar-refractivity contribution < 1.29 is 19.1 Å². The van der Waals surface area contributed by atoms with E-state index in [-0.39, 0.29) is 17.8 Å². The Bertz CT molecular complexity index is 1240. The number of hydrogen-bond donors (Lipinski definition) is 2. The quantitative estimate of drug-likeness (QED) is 0.167. The number of piperidine rings is 2. The standard InChI is InChI=1S/C39H59N5O4/c1-3-23-44(24-4-2)38(46)33-16-13-26-43(31-33)25-12-6-9-17-34(45)30-40-22-29-42-27-20-35(21-28-42)48-39(47)41-37-19-11-10-18-36(37)32-14-7-5-8-15-32/h5,7-8,10-11,14-15,18-19,33,35,40H,3-4,6,9,12-13,16-17,20-31H2,1-2H3,(H,41,47). The molecule has 264 valence electrons. The summed E-state index contributed by atoms with van der Waals surface area (Å²) in [5, 5.41) is 6.27. The number of Topliss-reactive ketones (excluding diaryl/α,β-unsaturated/α-hetero) is 1. The van der Waals surface area contributed by atoms with Crippen molar-refractivity contribution in [2.24, 2.45) is 5.92 Å². The molecule has 2 aliphatic rings. The molecule has 0 spiro atoms. The largest absolute Gasteiger partial charge is 0.446 e. The second-order valence-electron chi connectivity index (χ2n) is 13.5. The number of rotatable bonds is 19. The summed E-state index contributed by atoms with van der Waals surface area (Å²) in [4.78, 5) is 45.1. The van der Waals surface area contributed by atoms with Crippen LogP contribution in [0.15, 0.2) is 54.6 Å². The van der Waals surface area contributed by atoms with Crippen LogP contribution in [0.1, 0.15) is 78.1 Å². The minimum atomic E-state index is -0.412. The van der Waals surface area contributed by atoms with Crippen LogP contribution in [0.3, 0.4) is 0 Å². The molecule has 9 nitrogen and oxygen atoms in total. The topological polar surface area (TPSA) is 94.2 Å². The second kappa shape index (κ2) is 21.0. The van der Waals surface area contributed by atoms with Crippen molar-refractivity contribution in [2.45, 2.75) is 84.2 Å². The number of nitrogens with one attached hydrogen (secondary N) is 2. The van der Waals surface area contributed by atoms with Crippen LogP contribution in [-0.2, 0) is 14.3 Å². The predicted molar refractivity (Wildman–Crippen MR) is 194 cm³/mol. The number of carbonyl (C=O) groups excluding carboxylic acids is 3. The highest BCUT2D eigenvalue weighted by Gasteiger charge is 2.28. The van der Waals surface area contributed by atoms with Gasteiger partial charge in [-0.3, -0.25) is 14.9 Å². The number of amides is 2. The van der Waals surface area contributed by atoms with E-state index in [2.05, 4.69) is 39.2 Å². The molecule has 2 aliphatic heterocycles. The van der Waals surface area contributed by atoms with Crippen molar-refractivity contribution in [2.75, 3.05) is 70.8 Å². The summed E-state index contributed by atoms with van der Waals surface area (Å²) in [6, 6.07) is 17.8. The Hall–Kier alpha value is -3.27. The minimum absolute atomic E-state index is 0.0968. The van der Waals surface area contributed by atoms with E-state index < -0.39 is 6.09 Å². The highest BCUT2D eigenvalue weighted by Crippen LogP contribution is 2.28. The van der Waals surface area contributed by atoms with Crippen molar-refractivity contribution in [3.63, 3.8) is 0 Å². The fourth-order valence-electron chi connectivity index (χ4n) is 6.98. The predicted octanol–water partition coefficient (Wildman–Crippen LogP) is 6.45. The lowest BCUT2D eigenvalue weighted by molar-refractivity contribution is -0.137. The highest BCUT2D eigenvalue weighted by atomic mass is 16.6. The van der Waals surface area contributed by atoms with E-state index in [1.165, 1.54) is 0 Å². The third-order valence-electron chi connectivity index (χ3n) is 9.57. The first-order chi connectivity index (χ1) is 23.5. The molecule has 2 saturated heterocycles. The number of ether oxygens (including phenoxy) is 1. The lowest BCUT2D eigenvalue weighted by Gasteiger charge is -2.35. The van der Waals surface area contributed by atoms with Gasteiger partial charge >= 0.3 is 6.09 Å². The van der Waals surface area contributed by atoms with Crippen molar-refractivity contribution in [3.8, 4) is 11.1 Å². The lowest BCUT2D eigenvalue weighted by Crippen LogP contribution is -2.45. The van der Waals surface area contributed by atoms with Gasteiger partial charge in [0, 0.05) is 57.8 Å². The first-order valence-electron chi connectivity index (χ1n) is 18.5. The first kappa shape index (κ1) is 37.5. The summed E-state index contributed by atoms with van der Waals surface area (Å²) in [6.07, 6.45) is 8.92. The Morgan fingerprint density at radius 1 is 0.833 bits per heavy atom. The molecule has 1 unspecified atom stereocenters. The molecule has 4 rings (SSSR count). The monoisotopic (exact) mass is 661 g/mol. The molecule has 48 heavy (non-hydrogen) atoms. The van der Waals surface area contributed by atoms with Gasteiger partial charge in [0.1, 0.15) is 11.9 Å². The number of benzene rings is 2. The molecule has 1 atom stereocenters. The van der Waals surface area contributed by atoms with Crippen LogP contribution in [0.4, 0.5) is 10.5 Å². The van der Waals surface area contributed by atoms with Crippen molar-refractivity contribution in [3.05, 3.63) is 54.6 Å². The van der Waals surface area contributed by atoms with E-state index in [1.54, 1.807) is 0 Å². The molecule has 0 aliphatic carbocycles.